The lowest BCUT2D eigenvalue weighted by Crippen LogP contribution is -2.20. The normalized spacial score (nSPS) is 30.3. The molecular formula is C18H36OSi. The van der Waals surface area contributed by atoms with Crippen LogP contribution in [0.2, 0.25) is 19.1 Å². The minimum Gasteiger partial charge on any atom is -0.366 e. The summed E-state index contributed by atoms with van der Waals surface area (Å²) in [6.07, 6.45) is 16.2. The molecule has 118 valence electrons. The van der Waals surface area contributed by atoms with Gasteiger partial charge >= 0.3 is 0 Å². The molecule has 0 radical (unpaired) electrons. The number of hydrogen-bond acceptors (Lipinski definition) is 1. The van der Waals surface area contributed by atoms with Gasteiger partial charge in [0.15, 0.2) is 0 Å². The van der Waals surface area contributed by atoms with Crippen LogP contribution >= 0.6 is 0 Å². The van der Waals surface area contributed by atoms with Crippen molar-refractivity contribution in [2.45, 2.75) is 108 Å². The Morgan fingerprint density at radius 1 is 1.15 bits per heavy atom. The second kappa shape index (κ2) is 7.98. The Kier molecular flexibility index (Phi) is 6.60. The van der Waals surface area contributed by atoms with Gasteiger partial charge in [0.25, 0.3) is 0 Å². The maximum atomic E-state index is 6.07. The SMILES string of the molecule is CCCCC(CCC[SiH](C)C)CCC12CCCCC1O2. The van der Waals surface area contributed by atoms with Crippen molar-refractivity contribution in [2.75, 3.05) is 0 Å². The van der Waals surface area contributed by atoms with Gasteiger partial charge in [-0.15, -0.1) is 0 Å². The highest BCUT2D eigenvalue weighted by Crippen LogP contribution is 2.51. The largest absolute Gasteiger partial charge is 0.366 e. The first-order valence-electron chi connectivity index (χ1n) is 9.34. The van der Waals surface area contributed by atoms with Crippen LogP contribution in [0.5, 0.6) is 0 Å². The monoisotopic (exact) mass is 296 g/mol. The predicted molar refractivity (Wildman–Crippen MR) is 91.2 cm³/mol. The van der Waals surface area contributed by atoms with E-state index in [-0.39, 0.29) is 8.80 Å². The Hall–Kier alpha value is 0.177. The fourth-order valence-electron chi connectivity index (χ4n) is 4.08. The van der Waals surface area contributed by atoms with Crippen molar-refractivity contribution in [3.8, 4) is 0 Å². The second-order valence-electron chi connectivity index (χ2n) is 7.79. The molecule has 2 fully saturated rings. The molecular weight excluding hydrogens is 260 g/mol. The molecule has 1 nitrogen and oxygen atoms in total. The summed E-state index contributed by atoms with van der Waals surface area (Å²) < 4.78 is 6.07. The van der Waals surface area contributed by atoms with E-state index >= 15 is 0 Å². The van der Waals surface area contributed by atoms with Crippen molar-refractivity contribution in [2.24, 2.45) is 5.92 Å². The summed E-state index contributed by atoms with van der Waals surface area (Å²) in [4.78, 5) is 0. The summed E-state index contributed by atoms with van der Waals surface area (Å²) in [5, 5.41) is 0. The van der Waals surface area contributed by atoms with Gasteiger partial charge in [-0.3, -0.25) is 0 Å². The number of rotatable bonds is 10. The molecule has 20 heavy (non-hydrogen) atoms. The molecule has 1 heterocycles. The molecule has 3 atom stereocenters. The third-order valence-corrected chi connectivity index (χ3v) is 7.12. The highest BCUT2D eigenvalue weighted by atomic mass is 28.3. The summed E-state index contributed by atoms with van der Waals surface area (Å²) in [6, 6.07) is 1.55. The van der Waals surface area contributed by atoms with E-state index in [1.807, 2.05) is 0 Å². The molecule has 1 aliphatic heterocycles. The summed E-state index contributed by atoms with van der Waals surface area (Å²) in [6.45, 7) is 7.31. The Morgan fingerprint density at radius 3 is 2.65 bits per heavy atom. The molecule has 2 heteroatoms. The Bertz CT molecular complexity index is 279. The molecule has 0 aromatic carbocycles. The third kappa shape index (κ3) is 4.87. The molecule has 1 saturated heterocycles. The van der Waals surface area contributed by atoms with Crippen molar-refractivity contribution in [3.05, 3.63) is 0 Å². The molecule has 0 spiro atoms. The van der Waals surface area contributed by atoms with Gasteiger partial charge < -0.3 is 4.74 Å². The van der Waals surface area contributed by atoms with E-state index < -0.39 is 0 Å². The van der Waals surface area contributed by atoms with Gasteiger partial charge in [-0.1, -0.05) is 71.0 Å². The molecule has 3 unspecified atom stereocenters. The molecule has 2 aliphatic rings. The minimum atomic E-state index is -0.335. The van der Waals surface area contributed by atoms with Crippen LogP contribution in [0.3, 0.4) is 0 Å². The van der Waals surface area contributed by atoms with E-state index in [2.05, 4.69) is 20.0 Å². The molecule has 0 aromatic rings. The zero-order valence-corrected chi connectivity index (χ0v) is 15.3. The highest BCUT2D eigenvalue weighted by molar-refractivity contribution is 6.55. The van der Waals surface area contributed by atoms with Gasteiger partial charge in [0, 0.05) is 8.80 Å². The fraction of sp³-hybridized carbons (Fsp3) is 1.00. The quantitative estimate of drug-likeness (QED) is 0.380. The summed E-state index contributed by atoms with van der Waals surface area (Å²) in [7, 11) is -0.335. The molecule has 0 bridgehead atoms. The zero-order chi connectivity index (χ0) is 14.4. The first-order valence-corrected chi connectivity index (χ1v) is 12.5. The number of unbranched alkanes of at least 4 members (excludes halogenated alkanes) is 1. The number of ether oxygens (including phenoxy) is 1. The molecule has 0 aromatic heterocycles. The van der Waals surface area contributed by atoms with Crippen molar-refractivity contribution < 1.29 is 4.74 Å². The average Bonchev–Trinajstić information content (AvgIpc) is 3.15. The van der Waals surface area contributed by atoms with Crippen LogP contribution in [0.15, 0.2) is 0 Å². The minimum absolute atomic E-state index is 0.335. The standard InChI is InChI=1S/C18H36OSi/c1-4-5-9-16(10-8-15-20(2)3)12-14-18-13-7-6-11-17(18)19-18/h16-17,20H,4-15H2,1-3H3. The van der Waals surface area contributed by atoms with Gasteiger partial charge in [0.1, 0.15) is 0 Å². The Morgan fingerprint density at radius 2 is 1.95 bits per heavy atom. The number of fused-ring (bicyclic) bond motifs is 1. The van der Waals surface area contributed by atoms with Gasteiger partial charge in [-0.2, -0.15) is 0 Å². The van der Waals surface area contributed by atoms with Crippen LogP contribution in [0.25, 0.3) is 0 Å². The van der Waals surface area contributed by atoms with Crippen molar-refractivity contribution in [3.63, 3.8) is 0 Å². The van der Waals surface area contributed by atoms with Crippen LogP contribution in [-0.4, -0.2) is 20.5 Å². The van der Waals surface area contributed by atoms with Crippen LogP contribution < -0.4 is 0 Å². The van der Waals surface area contributed by atoms with E-state index in [9.17, 15) is 0 Å². The van der Waals surface area contributed by atoms with E-state index in [4.69, 9.17) is 4.74 Å². The van der Waals surface area contributed by atoms with Gasteiger partial charge in [0.05, 0.1) is 11.7 Å². The predicted octanol–water partition coefficient (Wildman–Crippen LogP) is 5.55. The number of hydrogen-bond donors (Lipinski definition) is 0. The molecule has 1 saturated carbocycles. The van der Waals surface area contributed by atoms with Crippen molar-refractivity contribution in [1.29, 1.82) is 0 Å². The Balaban J connectivity index is 1.69. The molecule has 2 rings (SSSR count). The lowest BCUT2D eigenvalue weighted by molar-refractivity contribution is 0.246. The van der Waals surface area contributed by atoms with Gasteiger partial charge in [0.2, 0.25) is 0 Å². The van der Waals surface area contributed by atoms with E-state index in [1.54, 1.807) is 6.04 Å². The fourth-order valence-corrected chi connectivity index (χ4v) is 5.13. The maximum absolute atomic E-state index is 6.07. The van der Waals surface area contributed by atoms with Crippen LogP contribution in [0.4, 0.5) is 0 Å². The molecule has 0 amide bonds. The van der Waals surface area contributed by atoms with E-state index in [0.717, 1.165) is 5.92 Å². The average molecular weight is 297 g/mol. The second-order valence-corrected chi connectivity index (χ2v) is 11.2. The summed E-state index contributed by atoms with van der Waals surface area (Å²) >= 11 is 0. The first kappa shape index (κ1) is 16.5. The lowest BCUT2D eigenvalue weighted by Gasteiger charge is -2.22. The van der Waals surface area contributed by atoms with Crippen molar-refractivity contribution in [1.82, 2.24) is 0 Å². The van der Waals surface area contributed by atoms with Crippen LogP contribution in [0, 0.1) is 5.92 Å². The Labute approximate surface area is 128 Å². The molecule has 1 aliphatic carbocycles. The summed E-state index contributed by atoms with van der Waals surface area (Å²) in [5.41, 5.74) is 0.371. The maximum Gasteiger partial charge on any atom is 0.0948 e. The van der Waals surface area contributed by atoms with E-state index in [0.29, 0.717) is 11.7 Å². The van der Waals surface area contributed by atoms with E-state index in [1.165, 1.54) is 70.6 Å². The third-order valence-electron chi connectivity index (χ3n) is 5.56. The topological polar surface area (TPSA) is 12.5 Å². The van der Waals surface area contributed by atoms with Crippen LogP contribution in [0.1, 0.15) is 77.6 Å². The van der Waals surface area contributed by atoms with Gasteiger partial charge in [-0.05, 0) is 31.6 Å². The van der Waals surface area contributed by atoms with Gasteiger partial charge in [-0.25, -0.2) is 0 Å². The zero-order valence-electron chi connectivity index (χ0n) is 14.1. The first-order chi connectivity index (χ1) is 9.66. The molecule has 0 N–H and O–H groups in total. The smallest absolute Gasteiger partial charge is 0.0948 e. The highest BCUT2D eigenvalue weighted by Gasteiger charge is 2.56. The summed E-state index contributed by atoms with van der Waals surface area (Å²) in [5.74, 6) is 0.990. The van der Waals surface area contributed by atoms with Crippen LogP contribution in [-0.2, 0) is 4.74 Å². The lowest BCUT2D eigenvalue weighted by atomic mass is 9.82. The number of epoxide rings is 1. The van der Waals surface area contributed by atoms with Crippen molar-refractivity contribution >= 4 is 8.80 Å².